The van der Waals surface area contributed by atoms with Crippen LogP contribution in [0.5, 0.6) is 0 Å². The molecule has 2 N–H and O–H groups in total. The number of benzene rings is 1. The summed E-state index contributed by atoms with van der Waals surface area (Å²) in [7, 11) is 1.63. The van der Waals surface area contributed by atoms with Crippen molar-refractivity contribution in [1.29, 1.82) is 0 Å². The molecule has 2 aromatic rings. The molecule has 1 heterocycles. The van der Waals surface area contributed by atoms with Crippen LogP contribution in [0.3, 0.4) is 0 Å². The Morgan fingerprint density at radius 2 is 2.00 bits per heavy atom. The maximum absolute atomic E-state index is 5.86. The lowest BCUT2D eigenvalue weighted by Gasteiger charge is -2.08. The summed E-state index contributed by atoms with van der Waals surface area (Å²) in [5, 5.41) is 0. The van der Waals surface area contributed by atoms with Crippen LogP contribution in [0.15, 0.2) is 39.7 Å². The summed E-state index contributed by atoms with van der Waals surface area (Å²) in [6.07, 6.45) is 0. The molecule has 0 unspecified atom stereocenters. The van der Waals surface area contributed by atoms with Crippen molar-refractivity contribution in [3.05, 3.63) is 46.3 Å². The summed E-state index contributed by atoms with van der Waals surface area (Å²) in [4.78, 5) is 9.91. The van der Waals surface area contributed by atoms with Crippen LogP contribution in [-0.2, 0) is 17.1 Å². The molecule has 0 saturated heterocycles. The zero-order valence-electron chi connectivity index (χ0n) is 10.5. The number of anilines is 1. The SMILES string of the molecule is COCc1nc(CSc2ccccc2)nc(N)c1Br. The third-order valence-corrected chi connectivity index (χ3v) is 4.26. The summed E-state index contributed by atoms with van der Waals surface area (Å²) in [6, 6.07) is 10.1. The molecule has 0 spiro atoms. The van der Waals surface area contributed by atoms with Gasteiger partial charge in [-0.3, -0.25) is 0 Å². The highest BCUT2D eigenvalue weighted by Gasteiger charge is 2.10. The summed E-state index contributed by atoms with van der Waals surface area (Å²) >= 11 is 5.05. The van der Waals surface area contributed by atoms with E-state index in [2.05, 4.69) is 38.0 Å². The number of hydrogen-bond donors (Lipinski definition) is 1. The number of halogens is 1. The van der Waals surface area contributed by atoms with Crippen LogP contribution in [0.4, 0.5) is 5.82 Å². The minimum atomic E-state index is 0.413. The van der Waals surface area contributed by atoms with Gasteiger partial charge in [0.15, 0.2) is 0 Å². The number of nitrogen functional groups attached to an aromatic ring is 1. The fourth-order valence-corrected chi connectivity index (χ4v) is 2.59. The standard InChI is InChI=1S/C13H14BrN3OS/c1-18-7-10-12(14)13(15)17-11(16-10)8-19-9-5-3-2-4-6-9/h2-6H,7-8H2,1H3,(H2,15,16,17). The number of rotatable bonds is 5. The highest BCUT2D eigenvalue weighted by Crippen LogP contribution is 2.25. The Bertz CT molecular complexity index is 551. The molecule has 4 nitrogen and oxygen atoms in total. The Labute approximate surface area is 124 Å². The number of nitrogens with zero attached hydrogens (tertiary/aromatic N) is 2. The van der Waals surface area contributed by atoms with Crippen molar-refractivity contribution in [1.82, 2.24) is 9.97 Å². The third kappa shape index (κ3) is 3.92. The lowest BCUT2D eigenvalue weighted by molar-refractivity contribution is 0.180. The normalized spacial score (nSPS) is 10.6. The third-order valence-electron chi connectivity index (χ3n) is 2.38. The molecule has 19 heavy (non-hydrogen) atoms. The predicted octanol–water partition coefficient (Wildman–Crippen LogP) is 3.26. The fraction of sp³-hybridized carbons (Fsp3) is 0.231. The molecule has 0 bridgehead atoms. The highest BCUT2D eigenvalue weighted by molar-refractivity contribution is 9.10. The van der Waals surface area contributed by atoms with E-state index in [1.54, 1.807) is 18.9 Å². The van der Waals surface area contributed by atoms with E-state index >= 15 is 0 Å². The largest absolute Gasteiger partial charge is 0.383 e. The van der Waals surface area contributed by atoms with Gasteiger partial charge in [0.25, 0.3) is 0 Å². The first-order valence-corrected chi connectivity index (χ1v) is 7.46. The molecular weight excluding hydrogens is 326 g/mol. The highest BCUT2D eigenvalue weighted by atomic mass is 79.9. The fourth-order valence-electron chi connectivity index (χ4n) is 1.53. The van der Waals surface area contributed by atoms with Gasteiger partial charge in [-0.2, -0.15) is 0 Å². The first-order valence-electron chi connectivity index (χ1n) is 5.68. The minimum absolute atomic E-state index is 0.413. The van der Waals surface area contributed by atoms with Crippen LogP contribution in [0, 0.1) is 0 Å². The maximum Gasteiger partial charge on any atom is 0.141 e. The summed E-state index contributed by atoms with van der Waals surface area (Å²) in [5.74, 6) is 1.84. The van der Waals surface area contributed by atoms with Gasteiger partial charge in [-0.25, -0.2) is 9.97 Å². The van der Waals surface area contributed by atoms with Crippen LogP contribution < -0.4 is 5.73 Å². The van der Waals surface area contributed by atoms with Gasteiger partial charge in [-0.15, -0.1) is 11.8 Å². The van der Waals surface area contributed by atoms with Crippen LogP contribution in [0.1, 0.15) is 11.5 Å². The van der Waals surface area contributed by atoms with Gasteiger partial charge >= 0.3 is 0 Å². The lowest BCUT2D eigenvalue weighted by atomic mass is 10.4. The number of aromatic nitrogens is 2. The monoisotopic (exact) mass is 339 g/mol. The topological polar surface area (TPSA) is 61.0 Å². The van der Waals surface area contributed by atoms with E-state index in [1.165, 1.54) is 4.90 Å². The Kier molecular flexibility index (Phi) is 5.18. The number of thioether (sulfide) groups is 1. The Hall–Kier alpha value is -1.11. The van der Waals surface area contributed by atoms with E-state index in [0.717, 1.165) is 5.69 Å². The van der Waals surface area contributed by atoms with Crippen LogP contribution in [0.25, 0.3) is 0 Å². The quantitative estimate of drug-likeness (QED) is 0.847. The average Bonchev–Trinajstić information content (AvgIpc) is 2.43. The molecule has 2 rings (SSSR count). The zero-order valence-corrected chi connectivity index (χ0v) is 12.9. The lowest BCUT2D eigenvalue weighted by Crippen LogP contribution is -2.05. The van der Waals surface area contributed by atoms with Gasteiger partial charge in [0.2, 0.25) is 0 Å². The molecule has 0 atom stereocenters. The van der Waals surface area contributed by atoms with Crippen LogP contribution in [-0.4, -0.2) is 17.1 Å². The Balaban J connectivity index is 2.12. The van der Waals surface area contributed by atoms with Crippen molar-refractivity contribution in [3.63, 3.8) is 0 Å². The molecule has 0 aliphatic rings. The summed E-state index contributed by atoms with van der Waals surface area (Å²) in [5.41, 5.74) is 6.63. The molecule has 0 fully saturated rings. The van der Waals surface area contributed by atoms with Crippen molar-refractivity contribution in [2.24, 2.45) is 0 Å². The van der Waals surface area contributed by atoms with Crippen LogP contribution >= 0.6 is 27.7 Å². The van der Waals surface area contributed by atoms with Crippen LogP contribution in [0.2, 0.25) is 0 Å². The number of nitrogens with two attached hydrogens (primary N) is 1. The predicted molar refractivity (Wildman–Crippen MR) is 80.9 cm³/mol. The molecule has 6 heteroatoms. The zero-order chi connectivity index (χ0) is 13.7. The molecule has 0 amide bonds. The molecule has 0 aliphatic carbocycles. The van der Waals surface area contributed by atoms with Crippen molar-refractivity contribution >= 4 is 33.5 Å². The van der Waals surface area contributed by atoms with Gasteiger partial charge in [0, 0.05) is 12.0 Å². The molecule has 1 aromatic carbocycles. The van der Waals surface area contributed by atoms with E-state index in [9.17, 15) is 0 Å². The molecule has 1 aromatic heterocycles. The second-order valence-corrected chi connectivity index (χ2v) is 5.66. The molecule has 0 radical (unpaired) electrons. The smallest absolute Gasteiger partial charge is 0.141 e. The molecule has 0 saturated carbocycles. The average molecular weight is 340 g/mol. The second kappa shape index (κ2) is 6.88. The second-order valence-electron chi connectivity index (χ2n) is 3.82. The molecule has 100 valence electrons. The van der Waals surface area contributed by atoms with Gasteiger partial charge in [-0.05, 0) is 28.1 Å². The number of ether oxygens (including phenoxy) is 1. The number of methoxy groups -OCH3 is 1. The summed E-state index contributed by atoms with van der Waals surface area (Å²) < 4.78 is 5.81. The van der Waals surface area contributed by atoms with E-state index in [1.807, 2.05) is 18.2 Å². The van der Waals surface area contributed by atoms with Gasteiger partial charge in [0.05, 0.1) is 22.5 Å². The van der Waals surface area contributed by atoms with Gasteiger partial charge in [0.1, 0.15) is 11.6 Å². The van der Waals surface area contributed by atoms with Crippen molar-refractivity contribution in [3.8, 4) is 0 Å². The number of hydrogen-bond acceptors (Lipinski definition) is 5. The van der Waals surface area contributed by atoms with Gasteiger partial charge in [-0.1, -0.05) is 18.2 Å². The Morgan fingerprint density at radius 3 is 2.68 bits per heavy atom. The van der Waals surface area contributed by atoms with Gasteiger partial charge < -0.3 is 10.5 Å². The maximum atomic E-state index is 5.86. The van der Waals surface area contributed by atoms with E-state index < -0.39 is 0 Å². The first-order chi connectivity index (χ1) is 9.20. The minimum Gasteiger partial charge on any atom is -0.383 e. The van der Waals surface area contributed by atoms with E-state index in [4.69, 9.17) is 10.5 Å². The van der Waals surface area contributed by atoms with E-state index in [-0.39, 0.29) is 0 Å². The summed E-state index contributed by atoms with van der Waals surface area (Å²) in [6.45, 7) is 0.413. The van der Waals surface area contributed by atoms with E-state index in [0.29, 0.717) is 28.5 Å². The van der Waals surface area contributed by atoms with Crippen molar-refractivity contribution < 1.29 is 4.74 Å². The molecular formula is C13H14BrN3OS. The first kappa shape index (κ1) is 14.3. The van der Waals surface area contributed by atoms with Crippen molar-refractivity contribution in [2.45, 2.75) is 17.3 Å². The molecule has 0 aliphatic heterocycles. The van der Waals surface area contributed by atoms with Crippen molar-refractivity contribution in [2.75, 3.05) is 12.8 Å². The Morgan fingerprint density at radius 1 is 1.26 bits per heavy atom.